The molecule has 0 aromatic rings. The first-order valence-corrected chi connectivity index (χ1v) is 4.28. The first-order valence-electron chi connectivity index (χ1n) is 4.28. The second-order valence-electron chi connectivity index (χ2n) is 2.76. The molecule has 0 bridgehead atoms. The van der Waals surface area contributed by atoms with Crippen molar-refractivity contribution in [3.05, 3.63) is 23.8 Å². The SMILES string of the molecule is C/C=C\C=C(/CC)C(C)CN. The van der Waals surface area contributed by atoms with Gasteiger partial charge in [0, 0.05) is 0 Å². The fourth-order valence-corrected chi connectivity index (χ4v) is 1.00. The van der Waals surface area contributed by atoms with Crippen molar-refractivity contribution in [2.45, 2.75) is 27.2 Å². The second kappa shape index (κ2) is 6.17. The van der Waals surface area contributed by atoms with Crippen LogP contribution < -0.4 is 5.73 Å². The summed E-state index contributed by atoms with van der Waals surface area (Å²) >= 11 is 0. The van der Waals surface area contributed by atoms with Crippen LogP contribution in [0, 0.1) is 5.92 Å². The molecule has 0 radical (unpaired) electrons. The molecule has 0 spiro atoms. The highest BCUT2D eigenvalue weighted by molar-refractivity contribution is 5.14. The molecule has 0 aromatic carbocycles. The van der Waals surface area contributed by atoms with Gasteiger partial charge in [-0.3, -0.25) is 0 Å². The Balaban J connectivity index is 4.13. The topological polar surface area (TPSA) is 26.0 Å². The molecule has 0 aliphatic rings. The summed E-state index contributed by atoms with van der Waals surface area (Å²) in [5.74, 6) is 0.524. The first kappa shape index (κ1) is 10.4. The third-order valence-electron chi connectivity index (χ3n) is 1.90. The number of hydrogen-bond acceptors (Lipinski definition) is 1. The van der Waals surface area contributed by atoms with E-state index in [4.69, 9.17) is 5.73 Å². The highest BCUT2D eigenvalue weighted by atomic mass is 14.5. The van der Waals surface area contributed by atoms with Crippen LogP contribution in [0.4, 0.5) is 0 Å². The molecular formula is C10H19N. The van der Waals surface area contributed by atoms with Gasteiger partial charge in [-0.05, 0) is 25.8 Å². The molecule has 1 unspecified atom stereocenters. The lowest BCUT2D eigenvalue weighted by Gasteiger charge is -2.10. The summed E-state index contributed by atoms with van der Waals surface area (Å²) < 4.78 is 0. The Morgan fingerprint density at radius 2 is 2.18 bits per heavy atom. The molecule has 1 nitrogen and oxygen atoms in total. The molecule has 0 saturated carbocycles. The molecule has 0 aliphatic heterocycles. The molecular weight excluding hydrogens is 134 g/mol. The minimum Gasteiger partial charge on any atom is -0.330 e. The number of allylic oxidation sites excluding steroid dienone is 3. The second-order valence-corrected chi connectivity index (χ2v) is 2.76. The maximum Gasteiger partial charge on any atom is -0.00140 e. The Hall–Kier alpha value is -0.560. The van der Waals surface area contributed by atoms with Crippen LogP contribution in [0.15, 0.2) is 23.8 Å². The van der Waals surface area contributed by atoms with E-state index in [0.717, 1.165) is 13.0 Å². The van der Waals surface area contributed by atoms with Crippen LogP contribution in [0.25, 0.3) is 0 Å². The van der Waals surface area contributed by atoms with Crippen molar-refractivity contribution in [2.24, 2.45) is 11.7 Å². The molecule has 0 aromatic heterocycles. The van der Waals surface area contributed by atoms with E-state index in [1.807, 2.05) is 13.0 Å². The van der Waals surface area contributed by atoms with Gasteiger partial charge in [-0.25, -0.2) is 0 Å². The summed E-state index contributed by atoms with van der Waals surface area (Å²) in [7, 11) is 0. The van der Waals surface area contributed by atoms with Crippen LogP contribution in [0.2, 0.25) is 0 Å². The molecule has 1 atom stereocenters. The van der Waals surface area contributed by atoms with E-state index < -0.39 is 0 Å². The summed E-state index contributed by atoms with van der Waals surface area (Å²) in [5, 5.41) is 0. The van der Waals surface area contributed by atoms with E-state index >= 15 is 0 Å². The minimum atomic E-state index is 0.524. The summed E-state index contributed by atoms with van der Waals surface area (Å²) in [6.45, 7) is 7.11. The van der Waals surface area contributed by atoms with Crippen LogP contribution in [0.1, 0.15) is 27.2 Å². The van der Waals surface area contributed by atoms with Crippen molar-refractivity contribution < 1.29 is 0 Å². The van der Waals surface area contributed by atoms with Gasteiger partial charge in [-0.2, -0.15) is 0 Å². The Morgan fingerprint density at radius 1 is 1.55 bits per heavy atom. The summed E-state index contributed by atoms with van der Waals surface area (Å²) in [5.41, 5.74) is 6.99. The third-order valence-corrected chi connectivity index (χ3v) is 1.90. The van der Waals surface area contributed by atoms with Gasteiger partial charge < -0.3 is 5.73 Å². The Kier molecular flexibility index (Phi) is 5.86. The van der Waals surface area contributed by atoms with Gasteiger partial charge in [0.15, 0.2) is 0 Å². The van der Waals surface area contributed by atoms with Crippen LogP contribution in [-0.2, 0) is 0 Å². The lowest BCUT2D eigenvalue weighted by Crippen LogP contribution is -2.12. The molecule has 1 heteroatoms. The van der Waals surface area contributed by atoms with Gasteiger partial charge in [-0.1, -0.05) is 37.6 Å². The maximum atomic E-state index is 5.56. The number of rotatable bonds is 4. The van der Waals surface area contributed by atoms with E-state index in [9.17, 15) is 0 Å². The molecule has 11 heavy (non-hydrogen) atoms. The average molecular weight is 153 g/mol. The molecule has 0 amide bonds. The van der Waals surface area contributed by atoms with Crippen molar-refractivity contribution in [1.82, 2.24) is 0 Å². The Labute approximate surface area is 70.0 Å². The van der Waals surface area contributed by atoms with E-state index in [1.165, 1.54) is 5.57 Å². The zero-order chi connectivity index (χ0) is 8.69. The fourth-order valence-electron chi connectivity index (χ4n) is 1.00. The largest absolute Gasteiger partial charge is 0.330 e. The standard InChI is InChI=1S/C10H19N/c1-4-6-7-10(5-2)9(3)8-11/h4,6-7,9H,5,8,11H2,1-3H3/b6-4-,10-7+. The third kappa shape index (κ3) is 3.99. The highest BCUT2D eigenvalue weighted by Crippen LogP contribution is 2.12. The maximum absolute atomic E-state index is 5.56. The van der Waals surface area contributed by atoms with Crippen LogP contribution in [0.3, 0.4) is 0 Å². The zero-order valence-electron chi connectivity index (χ0n) is 7.80. The molecule has 0 aliphatic carbocycles. The van der Waals surface area contributed by atoms with Gasteiger partial charge in [0.2, 0.25) is 0 Å². The quantitative estimate of drug-likeness (QED) is 0.617. The fraction of sp³-hybridized carbons (Fsp3) is 0.600. The predicted molar refractivity (Wildman–Crippen MR) is 51.4 cm³/mol. The molecule has 64 valence electrons. The zero-order valence-corrected chi connectivity index (χ0v) is 7.80. The summed E-state index contributed by atoms with van der Waals surface area (Å²) in [6, 6.07) is 0. The lowest BCUT2D eigenvalue weighted by atomic mass is 9.98. The highest BCUT2D eigenvalue weighted by Gasteiger charge is 2.01. The van der Waals surface area contributed by atoms with Crippen molar-refractivity contribution in [3.63, 3.8) is 0 Å². The van der Waals surface area contributed by atoms with Crippen molar-refractivity contribution in [1.29, 1.82) is 0 Å². The number of nitrogens with two attached hydrogens (primary N) is 1. The van der Waals surface area contributed by atoms with E-state index in [0.29, 0.717) is 5.92 Å². The molecule has 0 saturated heterocycles. The molecule has 0 fully saturated rings. The number of hydrogen-bond donors (Lipinski definition) is 1. The van der Waals surface area contributed by atoms with Crippen LogP contribution in [0.5, 0.6) is 0 Å². The van der Waals surface area contributed by atoms with E-state index in [2.05, 4.69) is 26.0 Å². The smallest absolute Gasteiger partial charge is 0.00140 e. The predicted octanol–water partition coefficient (Wildman–Crippen LogP) is 2.49. The minimum absolute atomic E-state index is 0.524. The summed E-state index contributed by atoms with van der Waals surface area (Å²) in [6.07, 6.45) is 7.38. The van der Waals surface area contributed by atoms with Gasteiger partial charge in [0.25, 0.3) is 0 Å². The Bertz CT molecular complexity index is 145. The monoisotopic (exact) mass is 153 g/mol. The van der Waals surface area contributed by atoms with Crippen molar-refractivity contribution in [2.75, 3.05) is 6.54 Å². The van der Waals surface area contributed by atoms with Crippen molar-refractivity contribution >= 4 is 0 Å². The molecule has 0 rings (SSSR count). The van der Waals surface area contributed by atoms with E-state index in [-0.39, 0.29) is 0 Å². The van der Waals surface area contributed by atoms with Crippen LogP contribution in [-0.4, -0.2) is 6.54 Å². The Morgan fingerprint density at radius 3 is 2.55 bits per heavy atom. The lowest BCUT2D eigenvalue weighted by molar-refractivity contribution is 0.668. The normalized spacial score (nSPS) is 15.8. The van der Waals surface area contributed by atoms with Crippen LogP contribution >= 0.6 is 0 Å². The molecule has 0 heterocycles. The molecule has 2 N–H and O–H groups in total. The average Bonchev–Trinajstić information content (AvgIpc) is 2.05. The van der Waals surface area contributed by atoms with Gasteiger partial charge >= 0.3 is 0 Å². The van der Waals surface area contributed by atoms with Gasteiger partial charge in [0.1, 0.15) is 0 Å². The van der Waals surface area contributed by atoms with E-state index in [1.54, 1.807) is 0 Å². The first-order chi connectivity index (χ1) is 5.26. The van der Waals surface area contributed by atoms with Gasteiger partial charge in [0.05, 0.1) is 0 Å². The van der Waals surface area contributed by atoms with Gasteiger partial charge in [-0.15, -0.1) is 0 Å². The van der Waals surface area contributed by atoms with Crippen molar-refractivity contribution in [3.8, 4) is 0 Å². The summed E-state index contributed by atoms with van der Waals surface area (Å²) in [4.78, 5) is 0.